The summed E-state index contributed by atoms with van der Waals surface area (Å²) in [7, 11) is 0. The van der Waals surface area contributed by atoms with Crippen LogP contribution in [0.1, 0.15) is 26.3 Å². The number of pyridine rings is 2. The zero-order chi connectivity index (χ0) is 22.3. The molecule has 4 heterocycles. The highest BCUT2D eigenvalue weighted by Crippen LogP contribution is 2.19. The third-order valence-corrected chi connectivity index (χ3v) is 5.85. The maximum absolute atomic E-state index is 5.83. The van der Waals surface area contributed by atoms with Crippen LogP contribution in [0.3, 0.4) is 0 Å². The van der Waals surface area contributed by atoms with Crippen molar-refractivity contribution in [2.45, 2.75) is 39.5 Å². The number of ether oxygens (including phenoxy) is 1. The molecule has 2 atom stereocenters. The average molecular weight is 438 g/mol. The minimum Gasteiger partial charge on any atom is -0.372 e. The van der Waals surface area contributed by atoms with E-state index in [2.05, 4.69) is 64.0 Å². The molecule has 0 amide bonds. The molecule has 2 unspecified atom stereocenters. The van der Waals surface area contributed by atoms with Crippen molar-refractivity contribution < 1.29 is 4.74 Å². The van der Waals surface area contributed by atoms with E-state index in [1.165, 1.54) is 0 Å². The molecule has 2 saturated heterocycles. The van der Waals surface area contributed by atoms with Gasteiger partial charge in [-0.05, 0) is 44.5 Å². The maximum atomic E-state index is 5.83. The molecule has 8 nitrogen and oxygen atoms in total. The van der Waals surface area contributed by atoms with Gasteiger partial charge in [0.15, 0.2) is 5.96 Å². The summed E-state index contributed by atoms with van der Waals surface area (Å²) >= 11 is 0. The zero-order valence-corrected chi connectivity index (χ0v) is 19.4. The number of anilines is 2. The molecule has 2 aliphatic heterocycles. The average Bonchev–Trinajstić information content (AvgIpc) is 2.82. The fourth-order valence-corrected chi connectivity index (χ4v) is 4.34. The van der Waals surface area contributed by atoms with Gasteiger partial charge in [0.2, 0.25) is 0 Å². The zero-order valence-electron chi connectivity index (χ0n) is 19.4. The van der Waals surface area contributed by atoms with Crippen molar-refractivity contribution in [1.82, 2.24) is 20.2 Å². The summed E-state index contributed by atoms with van der Waals surface area (Å²) in [5, 5.41) is 3.45. The van der Waals surface area contributed by atoms with Gasteiger partial charge in [0.05, 0.1) is 18.8 Å². The molecule has 0 aliphatic carbocycles. The summed E-state index contributed by atoms with van der Waals surface area (Å²) in [6.07, 6.45) is 4.26. The molecular formula is C24H35N7O. The van der Waals surface area contributed by atoms with Crippen LogP contribution in [-0.4, -0.2) is 78.8 Å². The van der Waals surface area contributed by atoms with Crippen LogP contribution in [-0.2, 0) is 11.3 Å². The van der Waals surface area contributed by atoms with Gasteiger partial charge in [0.25, 0.3) is 0 Å². The normalized spacial score (nSPS) is 22.2. The molecule has 172 valence electrons. The Morgan fingerprint density at radius 2 is 1.75 bits per heavy atom. The fraction of sp³-hybridized carbons (Fsp3) is 0.542. The molecule has 0 spiro atoms. The largest absolute Gasteiger partial charge is 0.372 e. The Balaban J connectivity index is 1.35. The van der Waals surface area contributed by atoms with Crippen LogP contribution in [0, 0.1) is 0 Å². The third-order valence-electron chi connectivity index (χ3n) is 5.85. The number of nitrogens with one attached hydrogen (secondary N) is 1. The van der Waals surface area contributed by atoms with Gasteiger partial charge >= 0.3 is 0 Å². The monoisotopic (exact) mass is 437 g/mol. The van der Waals surface area contributed by atoms with E-state index in [-0.39, 0.29) is 12.2 Å². The Morgan fingerprint density at radius 1 is 1.00 bits per heavy atom. The van der Waals surface area contributed by atoms with Gasteiger partial charge < -0.3 is 24.8 Å². The van der Waals surface area contributed by atoms with Crippen LogP contribution in [0.2, 0.25) is 0 Å². The maximum Gasteiger partial charge on any atom is 0.194 e. The first kappa shape index (κ1) is 22.3. The first-order valence-electron chi connectivity index (χ1n) is 11.7. The Hall–Kier alpha value is -2.87. The number of nitrogens with zero attached hydrogens (tertiary/aromatic N) is 6. The molecule has 4 rings (SSSR count). The highest BCUT2D eigenvalue weighted by Gasteiger charge is 2.23. The highest BCUT2D eigenvalue weighted by atomic mass is 16.5. The second-order valence-electron chi connectivity index (χ2n) is 8.52. The molecule has 2 aromatic rings. The summed E-state index contributed by atoms with van der Waals surface area (Å²) in [4.78, 5) is 21.0. The summed E-state index contributed by atoms with van der Waals surface area (Å²) in [5.41, 5.74) is 1.12. The van der Waals surface area contributed by atoms with Gasteiger partial charge in [-0.25, -0.2) is 15.0 Å². The molecular weight excluding hydrogens is 402 g/mol. The molecule has 0 aromatic carbocycles. The van der Waals surface area contributed by atoms with E-state index in [0.717, 1.165) is 69.0 Å². The van der Waals surface area contributed by atoms with Gasteiger partial charge in [-0.3, -0.25) is 0 Å². The van der Waals surface area contributed by atoms with Crippen LogP contribution >= 0.6 is 0 Å². The standard InChI is InChI=1S/C24H35N7O/c1-4-25-24(30-13-11-29(12-14-30)22-7-5-6-10-26-22)28-16-21-8-9-23(27-15-21)31-17-19(2)32-20(3)18-31/h5-10,15,19-20H,4,11-14,16-18H2,1-3H3,(H,25,28). The fourth-order valence-electron chi connectivity index (χ4n) is 4.34. The molecule has 32 heavy (non-hydrogen) atoms. The third kappa shape index (κ3) is 5.68. The van der Waals surface area contributed by atoms with E-state index in [0.29, 0.717) is 6.54 Å². The van der Waals surface area contributed by atoms with Gasteiger partial charge in [0, 0.05) is 58.2 Å². The minimum atomic E-state index is 0.227. The number of guanidine groups is 1. The molecule has 2 aromatic heterocycles. The topological polar surface area (TPSA) is 69.1 Å². The Kier molecular flexibility index (Phi) is 7.42. The number of morpholine rings is 1. The van der Waals surface area contributed by atoms with Crippen molar-refractivity contribution in [3.63, 3.8) is 0 Å². The molecule has 0 radical (unpaired) electrons. The SMILES string of the molecule is CCNC(=NCc1ccc(N2CC(C)OC(C)C2)nc1)N1CCN(c2ccccn2)CC1. The van der Waals surface area contributed by atoms with Crippen molar-refractivity contribution in [2.24, 2.45) is 4.99 Å². The van der Waals surface area contributed by atoms with Crippen molar-refractivity contribution in [3.8, 4) is 0 Å². The van der Waals surface area contributed by atoms with Gasteiger partial charge in [-0.2, -0.15) is 0 Å². The van der Waals surface area contributed by atoms with Crippen LogP contribution in [0.5, 0.6) is 0 Å². The van der Waals surface area contributed by atoms with Crippen LogP contribution < -0.4 is 15.1 Å². The lowest BCUT2D eigenvalue weighted by atomic mass is 10.2. The van der Waals surface area contributed by atoms with E-state index >= 15 is 0 Å². The second kappa shape index (κ2) is 10.6. The number of aromatic nitrogens is 2. The Bertz CT molecular complexity index is 856. The van der Waals surface area contributed by atoms with Gasteiger partial charge in [0.1, 0.15) is 11.6 Å². The lowest BCUT2D eigenvalue weighted by molar-refractivity contribution is -0.00545. The van der Waals surface area contributed by atoms with Crippen LogP contribution in [0.15, 0.2) is 47.7 Å². The summed E-state index contributed by atoms with van der Waals surface area (Å²) in [6.45, 7) is 13.3. The molecule has 0 bridgehead atoms. The van der Waals surface area contributed by atoms with Gasteiger partial charge in [-0.15, -0.1) is 0 Å². The molecule has 2 aliphatic rings. The molecule has 1 N–H and O–H groups in total. The van der Waals surface area contributed by atoms with Crippen molar-refractivity contribution in [3.05, 3.63) is 48.3 Å². The van der Waals surface area contributed by atoms with E-state index in [4.69, 9.17) is 14.7 Å². The summed E-state index contributed by atoms with van der Waals surface area (Å²) < 4.78 is 5.83. The Labute approximate surface area is 191 Å². The predicted molar refractivity (Wildman–Crippen MR) is 129 cm³/mol. The number of hydrogen-bond donors (Lipinski definition) is 1. The first-order chi connectivity index (χ1) is 15.6. The molecule has 0 saturated carbocycles. The smallest absolute Gasteiger partial charge is 0.194 e. The number of piperazine rings is 1. The number of hydrogen-bond acceptors (Lipinski definition) is 6. The lowest BCUT2D eigenvalue weighted by Gasteiger charge is -2.37. The van der Waals surface area contributed by atoms with Crippen LogP contribution in [0.4, 0.5) is 11.6 Å². The molecule has 8 heteroatoms. The minimum absolute atomic E-state index is 0.227. The van der Waals surface area contributed by atoms with E-state index in [9.17, 15) is 0 Å². The Morgan fingerprint density at radius 3 is 2.38 bits per heavy atom. The summed E-state index contributed by atoms with van der Waals surface area (Å²) in [5.74, 6) is 3.02. The lowest BCUT2D eigenvalue weighted by Crippen LogP contribution is -2.52. The highest BCUT2D eigenvalue weighted by molar-refractivity contribution is 5.80. The van der Waals surface area contributed by atoms with Crippen molar-refractivity contribution in [2.75, 3.05) is 55.6 Å². The first-order valence-corrected chi connectivity index (χ1v) is 11.7. The predicted octanol–water partition coefficient (Wildman–Crippen LogP) is 2.38. The van der Waals surface area contributed by atoms with Crippen molar-refractivity contribution >= 4 is 17.6 Å². The van der Waals surface area contributed by atoms with Crippen LogP contribution in [0.25, 0.3) is 0 Å². The summed E-state index contributed by atoms with van der Waals surface area (Å²) in [6, 6.07) is 10.3. The van der Waals surface area contributed by atoms with Gasteiger partial charge in [-0.1, -0.05) is 12.1 Å². The van der Waals surface area contributed by atoms with E-state index in [1.807, 2.05) is 24.5 Å². The van der Waals surface area contributed by atoms with E-state index < -0.39 is 0 Å². The van der Waals surface area contributed by atoms with Crippen molar-refractivity contribution in [1.29, 1.82) is 0 Å². The second-order valence-corrected chi connectivity index (χ2v) is 8.52. The molecule has 2 fully saturated rings. The number of aliphatic imine (C=N–C) groups is 1. The number of rotatable bonds is 5. The quantitative estimate of drug-likeness (QED) is 0.569. The van der Waals surface area contributed by atoms with E-state index in [1.54, 1.807) is 0 Å².